The third-order valence-electron chi connectivity index (χ3n) is 3.40. The molecule has 0 fully saturated rings. The Morgan fingerprint density at radius 2 is 2.00 bits per heavy atom. The van der Waals surface area contributed by atoms with Crippen LogP contribution in [0, 0.1) is 0 Å². The molecule has 7 heteroatoms. The summed E-state index contributed by atoms with van der Waals surface area (Å²) >= 11 is 12.0. The van der Waals surface area contributed by atoms with Crippen molar-refractivity contribution in [1.29, 1.82) is 0 Å². The number of benzene rings is 1. The highest BCUT2D eigenvalue weighted by Crippen LogP contribution is 2.28. The number of aromatic amines is 1. The van der Waals surface area contributed by atoms with Gasteiger partial charge in [0.15, 0.2) is 0 Å². The van der Waals surface area contributed by atoms with E-state index in [9.17, 15) is 9.59 Å². The number of ketones is 1. The Kier molecular flexibility index (Phi) is 4.07. The molecule has 0 bridgehead atoms. The van der Waals surface area contributed by atoms with Crippen LogP contribution >= 0.6 is 23.2 Å². The number of rotatable bonds is 4. The Hall–Kier alpha value is -2.37. The molecular formula is C16H10Cl2N2O3. The number of carbonyl (C=O) groups excluding carboxylic acids is 1. The minimum absolute atomic E-state index is 0.0680. The van der Waals surface area contributed by atoms with Gasteiger partial charge >= 0.3 is 5.97 Å². The molecule has 0 atom stereocenters. The lowest BCUT2D eigenvalue weighted by molar-refractivity contribution is -0.136. The second-order valence-corrected chi connectivity index (χ2v) is 5.75. The standard InChI is InChI=1S/C16H10Cl2N2O3/c17-8-3-4-9-10(7-13(21)22)14(20-12(9)6-8)16(23)15-11(18)2-1-5-19-15/h1-6,20H,7H2,(H,21,22). The number of hydrogen-bond acceptors (Lipinski definition) is 3. The number of carboxylic acids is 1. The van der Waals surface area contributed by atoms with E-state index in [1.807, 2.05) is 0 Å². The number of pyridine rings is 1. The monoisotopic (exact) mass is 348 g/mol. The van der Waals surface area contributed by atoms with Crippen molar-refractivity contribution in [3.63, 3.8) is 0 Å². The SMILES string of the molecule is O=C(O)Cc1c(C(=O)c2ncccc2Cl)[nH]c2cc(Cl)ccc12. The lowest BCUT2D eigenvalue weighted by Crippen LogP contribution is -2.10. The van der Waals surface area contributed by atoms with Gasteiger partial charge in [0.1, 0.15) is 5.69 Å². The zero-order chi connectivity index (χ0) is 16.6. The van der Waals surface area contributed by atoms with E-state index in [4.69, 9.17) is 28.3 Å². The van der Waals surface area contributed by atoms with E-state index >= 15 is 0 Å². The lowest BCUT2D eigenvalue weighted by atomic mass is 10.0. The van der Waals surface area contributed by atoms with Crippen LogP contribution in [-0.4, -0.2) is 26.8 Å². The molecule has 3 rings (SSSR count). The summed E-state index contributed by atoms with van der Waals surface area (Å²) in [6.45, 7) is 0. The molecule has 3 aromatic rings. The van der Waals surface area contributed by atoms with Crippen LogP contribution in [0.5, 0.6) is 0 Å². The van der Waals surface area contributed by atoms with Crippen LogP contribution < -0.4 is 0 Å². The fourth-order valence-electron chi connectivity index (χ4n) is 2.43. The molecule has 116 valence electrons. The summed E-state index contributed by atoms with van der Waals surface area (Å²) in [5, 5.41) is 10.5. The molecular weight excluding hydrogens is 339 g/mol. The summed E-state index contributed by atoms with van der Waals surface area (Å²) in [6, 6.07) is 8.13. The number of hydrogen-bond donors (Lipinski definition) is 2. The van der Waals surface area contributed by atoms with E-state index < -0.39 is 11.8 Å². The summed E-state index contributed by atoms with van der Waals surface area (Å²) in [5.74, 6) is -1.50. The zero-order valence-electron chi connectivity index (χ0n) is 11.6. The van der Waals surface area contributed by atoms with Gasteiger partial charge in [-0.05, 0) is 24.3 Å². The highest BCUT2D eigenvalue weighted by atomic mass is 35.5. The third kappa shape index (κ3) is 2.93. The second kappa shape index (κ2) is 6.02. The Morgan fingerprint density at radius 3 is 2.70 bits per heavy atom. The van der Waals surface area contributed by atoms with E-state index in [1.165, 1.54) is 6.20 Å². The van der Waals surface area contributed by atoms with Crippen molar-refractivity contribution in [2.75, 3.05) is 0 Å². The second-order valence-electron chi connectivity index (χ2n) is 4.90. The maximum Gasteiger partial charge on any atom is 0.307 e. The van der Waals surface area contributed by atoms with Crippen LogP contribution in [0.15, 0.2) is 36.5 Å². The van der Waals surface area contributed by atoms with Gasteiger partial charge in [-0.25, -0.2) is 0 Å². The minimum Gasteiger partial charge on any atom is -0.481 e. The number of H-pyrrole nitrogens is 1. The number of fused-ring (bicyclic) bond motifs is 1. The Balaban J connectivity index is 2.21. The Labute approximate surface area is 140 Å². The van der Waals surface area contributed by atoms with E-state index in [2.05, 4.69) is 9.97 Å². The first kappa shape index (κ1) is 15.5. The minimum atomic E-state index is -1.04. The number of nitrogens with zero attached hydrogens (tertiary/aromatic N) is 1. The zero-order valence-corrected chi connectivity index (χ0v) is 13.1. The molecule has 0 amide bonds. The van der Waals surface area contributed by atoms with Gasteiger partial charge in [-0.2, -0.15) is 0 Å². The van der Waals surface area contributed by atoms with Crippen molar-refractivity contribution in [2.24, 2.45) is 0 Å². The number of nitrogens with one attached hydrogen (secondary N) is 1. The van der Waals surface area contributed by atoms with Gasteiger partial charge in [0, 0.05) is 27.7 Å². The predicted octanol–water partition coefficient (Wildman–Crippen LogP) is 3.73. The van der Waals surface area contributed by atoms with Crippen LogP contribution in [0.3, 0.4) is 0 Å². The first-order chi connectivity index (χ1) is 11.0. The van der Waals surface area contributed by atoms with Crippen LogP contribution in [0.1, 0.15) is 21.7 Å². The van der Waals surface area contributed by atoms with E-state index in [-0.39, 0.29) is 22.8 Å². The third-order valence-corrected chi connectivity index (χ3v) is 3.94. The molecule has 0 saturated heterocycles. The Morgan fingerprint density at radius 1 is 1.22 bits per heavy atom. The van der Waals surface area contributed by atoms with Crippen molar-refractivity contribution in [1.82, 2.24) is 9.97 Å². The van der Waals surface area contributed by atoms with Crippen LogP contribution in [0.2, 0.25) is 10.0 Å². The van der Waals surface area contributed by atoms with Crippen molar-refractivity contribution < 1.29 is 14.7 Å². The fourth-order valence-corrected chi connectivity index (χ4v) is 2.81. The first-order valence-corrected chi connectivity index (χ1v) is 7.40. The molecule has 0 spiro atoms. The molecule has 0 aliphatic carbocycles. The highest BCUT2D eigenvalue weighted by Gasteiger charge is 2.23. The summed E-state index contributed by atoms with van der Waals surface area (Å²) < 4.78 is 0. The van der Waals surface area contributed by atoms with Crippen molar-refractivity contribution in [2.45, 2.75) is 6.42 Å². The van der Waals surface area contributed by atoms with Crippen molar-refractivity contribution in [3.8, 4) is 0 Å². The largest absolute Gasteiger partial charge is 0.481 e. The molecule has 2 aromatic heterocycles. The average Bonchev–Trinajstić information content (AvgIpc) is 2.84. The molecule has 0 saturated carbocycles. The fraction of sp³-hybridized carbons (Fsp3) is 0.0625. The molecule has 0 radical (unpaired) electrons. The van der Waals surface area contributed by atoms with Crippen LogP contribution in [-0.2, 0) is 11.2 Å². The van der Waals surface area contributed by atoms with Gasteiger partial charge in [0.05, 0.1) is 17.1 Å². The van der Waals surface area contributed by atoms with E-state index in [1.54, 1.807) is 30.3 Å². The highest BCUT2D eigenvalue weighted by molar-refractivity contribution is 6.34. The summed E-state index contributed by atoms with van der Waals surface area (Å²) in [7, 11) is 0. The van der Waals surface area contributed by atoms with Gasteiger partial charge in [0.25, 0.3) is 0 Å². The number of carboxylic acid groups (broad SMARTS) is 1. The normalized spacial score (nSPS) is 10.9. The van der Waals surface area contributed by atoms with Gasteiger partial charge in [-0.15, -0.1) is 0 Å². The first-order valence-electron chi connectivity index (χ1n) is 6.64. The predicted molar refractivity (Wildman–Crippen MR) is 87.3 cm³/mol. The summed E-state index contributed by atoms with van der Waals surface area (Å²) in [5.41, 5.74) is 1.20. The number of aliphatic carboxylic acids is 1. The van der Waals surface area contributed by atoms with Gasteiger partial charge in [-0.1, -0.05) is 29.3 Å². The van der Waals surface area contributed by atoms with Gasteiger partial charge < -0.3 is 10.1 Å². The summed E-state index contributed by atoms with van der Waals surface area (Å²) in [4.78, 5) is 30.8. The van der Waals surface area contributed by atoms with E-state index in [0.29, 0.717) is 21.5 Å². The molecule has 1 aromatic carbocycles. The average molecular weight is 349 g/mol. The quantitative estimate of drug-likeness (QED) is 0.703. The van der Waals surface area contributed by atoms with Gasteiger partial charge in [0.2, 0.25) is 5.78 Å². The van der Waals surface area contributed by atoms with Crippen LogP contribution in [0.25, 0.3) is 10.9 Å². The van der Waals surface area contributed by atoms with Crippen molar-refractivity contribution >= 4 is 45.9 Å². The van der Waals surface area contributed by atoms with Crippen LogP contribution in [0.4, 0.5) is 0 Å². The molecule has 0 aliphatic rings. The molecule has 2 heterocycles. The maximum atomic E-state index is 12.7. The number of carbonyl (C=O) groups is 2. The number of halogens is 2. The molecule has 23 heavy (non-hydrogen) atoms. The maximum absolute atomic E-state index is 12.7. The molecule has 5 nitrogen and oxygen atoms in total. The van der Waals surface area contributed by atoms with E-state index in [0.717, 1.165) is 0 Å². The molecule has 0 aliphatic heterocycles. The topological polar surface area (TPSA) is 83.0 Å². The molecule has 0 unspecified atom stereocenters. The summed E-state index contributed by atoms with van der Waals surface area (Å²) in [6.07, 6.45) is 1.16. The smallest absolute Gasteiger partial charge is 0.307 e. The Bertz CT molecular complexity index is 934. The number of aromatic nitrogens is 2. The molecule has 2 N–H and O–H groups in total. The lowest BCUT2D eigenvalue weighted by Gasteiger charge is -2.03. The van der Waals surface area contributed by atoms with Crippen molar-refractivity contribution in [3.05, 3.63) is 63.5 Å². The van der Waals surface area contributed by atoms with Gasteiger partial charge in [-0.3, -0.25) is 14.6 Å².